The van der Waals surface area contributed by atoms with Crippen molar-refractivity contribution in [3.05, 3.63) is 0 Å². The molecule has 0 aromatic carbocycles. The molecule has 0 aromatic heterocycles. The van der Waals surface area contributed by atoms with Gasteiger partial charge in [-0.15, -0.1) is 0 Å². The topological polar surface area (TPSA) is 67.6 Å². The van der Waals surface area contributed by atoms with Crippen molar-refractivity contribution in [1.82, 2.24) is 10.2 Å². The molecule has 0 radical (unpaired) electrons. The van der Waals surface area contributed by atoms with E-state index in [-0.39, 0.29) is 5.91 Å². The van der Waals surface area contributed by atoms with Crippen LogP contribution in [0.2, 0.25) is 0 Å². The molecule has 2 unspecified atom stereocenters. The van der Waals surface area contributed by atoms with Crippen molar-refractivity contribution in [2.45, 2.75) is 31.2 Å². The minimum absolute atomic E-state index is 0.202. The van der Waals surface area contributed by atoms with E-state index in [2.05, 4.69) is 17.3 Å². The highest BCUT2D eigenvalue weighted by Gasteiger charge is 2.46. The van der Waals surface area contributed by atoms with Crippen LogP contribution in [-0.2, 0) is 9.53 Å². The number of nitrogens with zero attached hydrogens (tertiary/aromatic N) is 1. The Morgan fingerprint density at radius 3 is 2.83 bits per heavy atom. The maximum absolute atomic E-state index is 11.7. The van der Waals surface area contributed by atoms with Crippen LogP contribution in [0, 0.1) is 5.92 Å². The zero-order valence-electron chi connectivity index (χ0n) is 11.9. The van der Waals surface area contributed by atoms with E-state index in [9.17, 15) is 4.79 Å². The van der Waals surface area contributed by atoms with Crippen molar-refractivity contribution in [3.63, 3.8) is 0 Å². The summed E-state index contributed by atoms with van der Waals surface area (Å²) in [6.07, 6.45) is 4.04. The molecule has 0 heterocycles. The standard InChI is InChI=1S/C13H27N3O2/c1-15-13(12(14)17)7-4-5-11(13)6-8-16(2)9-10-18-3/h11,15H,4-10H2,1-3H3,(H2,14,17). The Morgan fingerprint density at radius 1 is 1.56 bits per heavy atom. The van der Waals surface area contributed by atoms with Crippen LogP contribution in [0.3, 0.4) is 0 Å². The number of primary amides is 1. The first-order valence-corrected chi connectivity index (χ1v) is 6.73. The van der Waals surface area contributed by atoms with Gasteiger partial charge in [0.15, 0.2) is 0 Å². The van der Waals surface area contributed by atoms with Gasteiger partial charge in [0.25, 0.3) is 0 Å². The van der Waals surface area contributed by atoms with Gasteiger partial charge in [-0.05, 0) is 45.8 Å². The number of hydrogen-bond donors (Lipinski definition) is 2. The molecule has 5 nitrogen and oxygen atoms in total. The maximum Gasteiger partial charge on any atom is 0.238 e. The minimum Gasteiger partial charge on any atom is -0.383 e. The third kappa shape index (κ3) is 3.43. The molecule has 1 aliphatic rings. The van der Waals surface area contributed by atoms with Crippen molar-refractivity contribution >= 4 is 5.91 Å². The summed E-state index contributed by atoms with van der Waals surface area (Å²) in [6, 6.07) is 0. The highest BCUT2D eigenvalue weighted by Crippen LogP contribution is 2.37. The summed E-state index contributed by atoms with van der Waals surface area (Å²) in [5, 5.41) is 3.18. The first-order valence-electron chi connectivity index (χ1n) is 6.73. The molecule has 0 bridgehead atoms. The predicted molar refractivity (Wildman–Crippen MR) is 72.3 cm³/mol. The van der Waals surface area contributed by atoms with Gasteiger partial charge < -0.3 is 20.7 Å². The van der Waals surface area contributed by atoms with Crippen LogP contribution in [0.1, 0.15) is 25.7 Å². The van der Waals surface area contributed by atoms with Crippen molar-refractivity contribution in [2.75, 3.05) is 40.9 Å². The SMILES string of the molecule is CNC1(C(N)=O)CCCC1CCN(C)CCOC. The molecule has 0 spiro atoms. The fraction of sp³-hybridized carbons (Fsp3) is 0.923. The number of amides is 1. The van der Waals surface area contributed by atoms with E-state index >= 15 is 0 Å². The third-order valence-corrected chi connectivity index (χ3v) is 4.24. The van der Waals surface area contributed by atoms with Crippen molar-refractivity contribution < 1.29 is 9.53 Å². The van der Waals surface area contributed by atoms with E-state index in [1.54, 1.807) is 7.11 Å². The summed E-state index contributed by atoms with van der Waals surface area (Å²) in [5.74, 6) is 0.150. The van der Waals surface area contributed by atoms with Crippen LogP contribution in [0.4, 0.5) is 0 Å². The number of hydrogen-bond acceptors (Lipinski definition) is 4. The summed E-state index contributed by atoms with van der Waals surface area (Å²) in [4.78, 5) is 13.9. The Labute approximate surface area is 110 Å². The summed E-state index contributed by atoms with van der Waals surface area (Å²) in [7, 11) is 5.64. The van der Waals surface area contributed by atoms with E-state index in [4.69, 9.17) is 10.5 Å². The van der Waals surface area contributed by atoms with Gasteiger partial charge in [-0.3, -0.25) is 4.79 Å². The Kier molecular flexibility index (Phi) is 6.05. The van der Waals surface area contributed by atoms with Crippen molar-refractivity contribution in [1.29, 1.82) is 0 Å². The zero-order chi connectivity index (χ0) is 13.6. The van der Waals surface area contributed by atoms with Crippen LogP contribution in [0.5, 0.6) is 0 Å². The highest BCUT2D eigenvalue weighted by molar-refractivity contribution is 5.85. The second kappa shape index (κ2) is 7.07. The molecular formula is C13H27N3O2. The molecule has 1 saturated carbocycles. The second-order valence-corrected chi connectivity index (χ2v) is 5.26. The van der Waals surface area contributed by atoms with Gasteiger partial charge in [0.2, 0.25) is 5.91 Å². The van der Waals surface area contributed by atoms with Gasteiger partial charge in [-0.1, -0.05) is 6.42 Å². The van der Waals surface area contributed by atoms with Gasteiger partial charge in [0.1, 0.15) is 5.54 Å². The normalized spacial score (nSPS) is 27.9. The average Bonchev–Trinajstić information content (AvgIpc) is 2.77. The van der Waals surface area contributed by atoms with E-state index < -0.39 is 5.54 Å². The first-order chi connectivity index (χ1) is 8.56. The number of methoxy groups -OCH3 is 1. The fourth-order valence-electron chi connectivity index (χ4n) is 2.98. The number of carbonyl (C=O) groups excluding carboxylic acids is 1. The minimum atomic E-state index is -0.484. The lowest BCUT2D eigenvalue weighted by atomic mass is 9.84. The molecule has 18 heavy (non-hydrogen) atoms. The second-order valence-electron chi connectivity index (χ2n) is 5.26. The van der Waals surface area contributed by atoms with Gasteiger partial charge in [0.05, 0.1) is 6.61 Å². The Hall–Kier alpha value is -0.650. The lowest BCUT2D eigenvalue weighted by molar-refractivity contribution is -0.125. The smallest absolute Gasteiger partial charge is 0.238 e. The van der Waals surface area contributed by atoms with Crippen molar-refractivity contribution in [3.8, 4) is 0 Å². The number of nitrogens with two attached hydrogens (primary N) is 1. The molecule has 1 amide bonds. The van der Waals surface area contributed by atoms with Crippen LogP contribution in [0.15, 0.2) is 0 Å². The number of likely N-dealkylation sites (N-methyl/N-ethyl adjacent to an activating group) is 2. The summed E-state index contributed by atoms with van der Waals surface area (Å²) < 4.78 is 5.06. The van der Waals surface area contributed by atoms with E-state index in [0.717, 1.165) is 45.4 Å². The Bertz CT molecular complexity index is 273. The van der Waals surface area contributed by atoms with Gasteiger partial charge >= 0.3 is 0 Å². The summed E-state index contributed by atoms with van der Waals surface area (Å²) in [6.45, 7) is 2.64. The number of rotatable bonds is 8. The molecule has 3 N–H and O–H groups in total. The molecule has 1 rings (SSSR count). The van der Waals surface area contributed by atoms with Crippen LogP contribution < -0.4 is 11.1 Å². The predicted octanol–water partition coefficient (Wildman–Crippen LogP) is 0.198. The van der Waals surface area contributed by atoms with E-state index in [1.807, 2.05) is 7.05 Å². The molecule has 1 aliphatic carbocycles. The van der Waals surface area contributed by atoms with Gasteiger partial charge in [-0.2, -0.15) is 0 Å². The summed E-state index contributed by atoms with van der Waals surface area (Å²) >= 11 is 0. The van der Waals surface area contributed by atoms with Gasteiger partial charge in [0, 0.05) is 13.7 Å². The van der Waals surface area contributed by atoms with E-state index in [0.29, 0.717) is 5.92 Å². The average molecular weight is 257 g/mol. The molecule has 5 heteroatoms. The lowest BCUT2D eigenvalue weighted by Gasteiger charge is -2.33. The number of ether oxygens (including phenoxy) is 1. The quantitative estimate of drug-likeness (QED) is 0.652. The molecular weight excluding hydrogens is 230 g/mol. The summed E-state index contributed by atoms with van der Waals surface area (Å²) in [5.41, 5.74) is 5.10. The molecule has 0 saturated heterocycles. The van der Waals surface area contributed by atoms with E-state index in [1.165, 1.54) is 0 Å². The number of carbonyl (C=O) groups is 1. The Morgan fingerprint density at radius 2 is 2.28 bits per heavy atom. The fourth-order valence-corrected chi connectivity index (χ4v) is 2.98. The maximum atomic E-state index is 11.7. The zero-order valence-corrected chi connectivity index (χ0v) is 11.9. The molecule has 0 aliphatic heterocycles. The van der Waals surface area contributed by atoms with Crippen molar-refractivity contribution in [2.24, 2.45) is 11.7 Å². The highest BCUT2D eigenvalue weighted by atomic mass is 16.5. The number of nitrogens with one attached hydrogen (secondary N) is 1. The monoisotopic (exact) mass is 257 g/mol. The molecule has 1 fully saturated rings. The lowest BCUT2D eigenvalue weighted by Crippen LogP contribution is -2.56. The van der Waals surface area contributed by atoms with Crippen LogP contribution in [-0.4, -0.2) is 57.2 Å². The molecule has 106 valence electrons. The first kappa shape index (κ1) is 15.4. The van der Waals surface area contributed by atoms with Gasteiger partial charge in [-0.25, -0.2) is 0 Å². The van der Waals surface area contributed by atoms with Crippen LogP contribution in [0.25, 0.3) is 0 Å². The largest absolute Gasteiger partial charge is 0.383 e. The van der Waals surface area contributed by atoms with Crippen LogP contribution >= 0.6 is 0 Å². The third-order valence-electron chi connectivity index (χ3n) is 4.24. The molecule has 0 aromatic rings. The molecule has 2 atom stereocenters. The Balaban J connectivity index is 2.47.